The molecule has 0 saturated carbocycles. The Morgan fingerprint density at radius 1 is 1.29 bits per heavy atom. The topological polar surface area (TPSA) is 61.3 Å². The summed E-state index contributed by atoms with van der Waals surface area (Å²) in [6.07, 6.45) is 0.727. The van der Waals surface area contributed by atoms with Gasteiger partial charge in [0.2, 0.25) is 5.88 Å². The van der Waals surface area contributed by atoms with Crippen LogP contribution < -0.4 is 4.74 Å². The Morgan fingerprint density at radius 2 is 2.10 bits per heavy atom. The van der Waals surface area contributed by atoms with Crippen molar-refractivity contribution in [2.24, 2.45) is 0 Å². The summed E-state index contributed by atoms with van der Waals surface area (Å²) < 4.78 is 9.87. The number of methoxy groups -OCH3 is 1. The van der Waals surface area contributed by atoms with Gasteiger partial charge in [0.25, 0.3) is 0 Å². The first-order valence-electron chi connectivity index (χ1n) is 6.46. The van der Waals surface area contributed by atoms with Crippen molar-refractivity contribution in [2.45, 2.75) is 13.3 Å². The number of esters is 1. The SMILES string of the molecule is CCc1cc(OCC(=O)OC)nc(-c2cccc(Cl)c2)n1. The molecule has 110 valence electrons. The van der Waals surface area contributed by atoms with Crippen LogP contribution in [0, 0.1) is 0 Å². The second kappa shape index (κ2) is 7.04. The van der Waals surface area contributed by atoms with Crippen molar-refractivity contribution in [2.75, 3.05) is 13.7 Å². The summed E-state index contributed by atoms with van der Waals surface area (Å²) >= 11 is 5.98. The molecule has 2 aromatic rings. The maximum atomic E-state index is 11.1. The monoisotopic (exact) mass is 306 g/mol. The number of halogens is 1. The van der Waals surface area contributed by atoms with Crippen molar-refractivity contribution in [1.82, 2.24) is 9.97 Å². The summed E-state index contributed by atoms with van der Waals surface area (Å²) in [4.78, 5) is 19.9. The zero-order valence-electron chi connectivity index (χ0n) is 11.8. The Bertz CT molecular complexity index is 647. The lowest BCUT2D eigenvalue weighted by molar-refractivity contribution is -0.143. The number of rotatable bonds is 5. The first-order chi connectivity index (χ1) is 10.1. The van der Waals surface area contributed by atoms with Crippen LogP contribution in [0.4, 0.5) is 0 Å². The van der Waals surface area contributed by atoms with Gasteiger partial charge < -0.3 is 9.47 Å². The highest BCUT2D eigenvalue weighted by Gasteiger charge is 2.09. The van der Waals surface area contributed by atoms with E-state index in [0.29, 0.717) is 16.7 Å². The number of aromatic nitrogens is 2. The number of hydrogen-bond donors (Lipinski definition) is 0. The van der Waals surface area contributed by atoms with Gasteiger partial charge in [-0.2, -0.15) is 4.98 Å². The predicted octanol–water partition coefficient (Wildman–Crippen LogP) is 2.91. The molecule has 0 aliphatic heterocycles. The molecule has 2 rings (SSSR count). The third kappa shape index (κ3) is 4.16. The molecule has 0 saturated heterocycles. The van der Waals surface area contributed by atoms with Gasteiger partial charge in [0.15, 0.2) is 12.4 Å². The zero-order valence-corrected chi connectivity index (χ0v) is 12.6. The van der Waals surface area contributed by atoms with E-state index in [2.05, 4.69) is 14.7 Å². The van der Waals surface area contributed by atoms with Crippen LogP contribution in [0.1, 0.15) is 12.6 Å². The highest BCUT2D eigenvalue weighted by molar-refractivity contribution is 6.30. The van der Waals surface area contributed by atoms with E-state index in [1.165, 1.54) is 7.11 Å². The van der Waals surface area contributed by atoms with Crippen LogP contribution in [0.25, 0.3) is 11.4 Å². The van der Waals surface area contributed by atoms with Crippen LogP contribution in [0.5, 0.6) is 5.88 Å². The number of benzene rings is 1. The van der Waals surface area contributed by atoms with Crippen LogP contribution >= 0.6 is 11.6 Å². The van der Waals surface area contributed by atoms with Crippen LogP contribution in [0.15, 0.2) is 30.3 Å². The molecule has 0 unspecified atom stereocenters. The van der Waals surface area contributed by atoms with Crippen molar-refractivity contribution in [3.05, 3.63) is 41.0 Å². The van der Waals surface area contributed by atoms with Gasteiger partial charge in [-0.3, -0.25) is 0 Å². The summed E-state index contributed by atoms with van der Waals surface area (Å²) in [5, 5.41) is 0.607. The summed E-state index contributed by atoms with van der Waals surface area (Å²) in [5.41, 5.74) is 1.61. The number of ether oxygens (including phenoxy) is 2. The molecular weight excluding hydrogens is 292 g/mol. The third-order valence-corrected chi connectivity index (χ3v) is 3.00. The number of carbonyl (C=O) groups is 1. The smallest absolute Gasteiger partial charge is 0.343 e. The van der Waals surface area contributed by atoms with Gasteiger partial charge in [-0.1, -0.05) is 30.7 Å². The van der Waals surface area contributed by atoms with Gasteiger partial charge in [0, 0.05) is 22.3 Å². The lowest BCUT2D eigenvalue weighted by atomic mass is 10.2. The molecule has 6 heteroatoms. The van der Waals surface area contributed by atoms with Crippen LogP contribution in [0.3, 0.4) is 0 Å². The first kappa shape index (κ1) is 15.3. The molecule has 5 nitrogen and oxygen atoms in total. The van der Waals surface area contributed by atoms with Crippen molar-refractivity contribution >= 4 is 17.6 Å². The Kier molecular flexibility index (Phi) is 5.11. The first-order valence-corrected chi connectivity index (χ1v) is 6.83. The van der Waals surface area contributed by atoms with E-state index in [-0.39, 0.29) is 6.61 Å². The highest BCUT2D eigenvalue weighted by atomic mass is 35.5. The second-order valence-corrected chi connectivity index (χ2v) is 4.69. The maximum Gasteiger partial charge on any atom is 0.343 e. The molecular formula is C15H15ClN2O3. The second-order valence-electron chi connectivity index (χ2n) is 4.25. The molecule has 0 radical (unpaired) electrons. The van der Waals surface area contributed by atoms with Crippen molar-refractivity contribution in [3.63, 3.8) is 0 Å². The molecule has 0 amide bonds. The van der Waals surface area contributed by atoms with E-state index in [4.69, 9.17) is 16.3 Å². The van der Waals surface area contributed by atoms with Crippen molar-refractivity contribution < 1.29 is 14.3 Å². The molecule has 0 fully saturated rings. The van der Waals surface area contributed by atoms with Gasteiger partial charge in [0.05, 0.1) is 7.11 Å². The molecule has 1 aromatic carbocycles. The van der Waals surface area contributed by atoms with E-state index < -0.39 is 5.97 Å². The molecule has 0 bridgehead atoms. The summed E-state index contributed by atoms with van der Waals surface area (Å²) in [5.74, 6) is 0.384. The normalized spacial score (nSPS) is 10.2. The van der Waals surface area contributed by atoms with Gasteiger partial charge in [-0.25, -0.2) is 9.78 Å². The van der Waals surface area contributed by atoms with Crippen LogP contribution in [-0.4, -0.2) is 29.7 Å². The van der Waals surface area contributed by atoms with Crippen LogP contribution in [-0.2, 0) is 16.0 Å². The van der Waals surface area contributed by atoms with E-state index in [0.717, 1.165) is 17.7 Å². The number of nitrogens with zero attached hydrogens (tertiary/aromatic N) is 2. The molecule has 0 aliphatic carbocycles. The Labute approximate surface area is 127 Å². The summed E-state index contributed by atoms with van der Waals surface area (Å²) in [6, 6.07) is 8.96. The fraction of sp³-hybridized carbons (Fsp3) is 0.267. The number of carbonyl (C=O) groups excluding carboxylic acids is 1. The minimum Gasteiger partial charge on any atom is -0.466 e. The van der Waals surface area contributed by atoms with Crippen molar-refractivity contribution in [1.29, 1.82) is 0 Å². The highest BCUT2D eigenvalue weighted by Crippen LogP contribution is 2.22. The molecule has 1 aromatic heterocycles. The lowest BCUT2D eigenvalue weighted by Gasteiger charge is -2.08. The van der Waals surface area contributed by atoms with Gasteiger partial charge in [-0.15, -0.1) is 0 Å². The minimum absolute atomic E-state index is 0.189. The molecule has 0 N–H and O–H groups in total. The van der Waals surface area contributed by atoms with Gasteiger partial charge >= 0.3 is 5.97 Å². The Hall–Kier alpha value is -2.14. The molecule has 0 aliphatic rings. The fourth-order valence-electron chi connectivity index (χ4n) is 1.68. The average molecular weight is 307 g/mol. The van der Waals surface area contributed by atoms with Gasteiger partial charge in [-0.05, 0) is 18.6 Å². The lowest BCUT2D eigenvalue weighted by Crippen LogP contribution is -2.13. The largest absolute Gasteiger partial charge is 0.466 e. The average Bonchev–Trinajstić information content (AvgIpc) is 2.52. The van der Waals surface area contributed by atoms with Crippen molar-refractivity contribution in [3.8, 4) is 17.3 Å². The Morgan fingerprint density at radius 3 is 2.76 bits per heavy atom. The molecule has 1 heterocycles. The molecule has 0 atom stereocenters. The number of aryl methyl sites for hydroxylation is 1. The quantitative estimate of drug-likeness (QED) is 0.795. The molecule has 21 heavy (non-hydrogen) atoms. The standard InChI is InChI=1S/C15H15ClN2O3/c1-3-12-8-13(21-9-14(19)20-2)18-15(17-12)10-5-4-6-11(16)7-10/h4-8H,3,9H2,1-2H3. The molecule has 0 spiro atoms. The minimum atomic E-state index is -0.462. The summed E-state index contributed by atoms with van der Waals surface area (Å²) in [7, 11) is 1.31. The maximum absolute atomic E-state index is 11.1. The predicted molar refractivity (Wildman–Crippen MR) is 79.4 cm³/mol. The van der Waals surface area contributed by atoms with Gasteiger partial charge in [0.1, 0.15) is 0 Å². The van der Waals surface area contributed by atoms with E-state index in [9.17, 15) is 4.79 Å². The third-order valence-electron chi connectivity index (χ3n) is 2.77. The zero-order chi connectivity index (χ0) is 15.2. The summed E-state index contributed by atoms with van der Waals surface area (Å²) in [6.45, 7) is 1.79. The van der Waals surface area contributed by atoms with E-state index in [1.807, 2.05) is 19.1 Å². The Balaban J connectivity index is 2.31. The van der Waals surface area contributed by atoms with E-state index in [1.54, 1.807) is 18.2 Å². The van der Waals surface area contributed by atoms with E-state index >= 15 is 0 Å². The number of hydrogen-bond acceptors (Lipinski definition) is 5. The fourth-order valence-corrected chi connectivity index (χ4v) is 1.87. The van der Waals surface area contributed by atoms with Crippen LogP contribution in [0.2, 0.25) is 5.02 Å².